The average Bonchev–Trinajstić information content (AvgIpc) is 3.04. The maximum absolute atomic E-state index is 12.8. The van der Waals surface area contributed by atoms with E-state index in [1.807, 2.05) is 6.07 Å². The number of amides is 5. The lowest BCUT2D eigenvalue weighted by Crippen LogP contribution is -2.45. The van der Waals surface area contributed by atoms with Crippen molar-refractivity contribution in [2.24, 2.45) is 0 Å². The summed E-state index contributed by atoms with van der Waals surface area (Å²) in [6.07, 6.45) is 0. The highest BCUT2D eigenvalue weighted by molar-refractivity contribution is 6.43. The Kier molecular flexibility index (Phi) is 6.54. The van der Waals surface area contributed by atoms with Gasteiger partial charge in [0.2, 0.25) is 5.91 Å². The fourth-order valence-electron chi connectivity index (χ4n) is 3.42. The molecule has 0 aromatic heterocycles. The van der Waals surface area contributed by atoms with E-state index in [0.717, 1.165) is 4.90 Å². The Labute approximate surface area is 204 Å². The minimum Gasteiger partial charge on any atom is -0.324 e. The summed E-state index contributed by atoms with van der Waals surface area (Å²) in [5, 5.41) is 8.34. The summed E-state index contributed by atoms with van der Waals surface area (Å²) in [5.74, 6) is -1.80. The molecule has 1 aliphatic rings. The fourth-order valence-corrected chi connectivity index (χ4v) is 3.75. The quantitative estimate of drug-likeness (QED) is 0.418. The molecule has 0 fully saturated rings. The summed E-state index contributed by atoms with van der Waals surface area (Å²) >= 11 is 11.9. The molecule has 0 radical (unpaired) electrons. The van der Waals surface area contributed by atoms with Gasteiger partial charge in [-0.1, -0.05) is 41.4 Å². The normalized spacial score (nSPS) is 13.3. The molecule has 4 rings (SSSR count). The van der Waals surface area contributed by atoms with E-state index in [0.29, 0.717) is 17.1 Å². The molecular formula is C24H18Cl2N4O4. The first-order valence-electron chi connectivity index (χ1n) is 10.2. The van der Waals surface area contributed by atoms with Gasteiger partial charge in [-0.05, 0) is 55.5 Å². The number of hydrogen-bond donors (Lipinski definition) is 3. The molecule has 1 atom stereocenters. The Hall–Kier alpha value is -3.88. The van der Waals surface area contributed by atoms with Crippen LogP contribution in [0.2, 0.25) is 10.0 Å². The van der Waals surface area contributed by atoms with Crippen molar-refractivity contribution in [3.8, 4) is 0 Å². The monoisotopic (exact) mass is 496 g/mol. The van der Waals surface area contributed by atoms with E-state index >= 15 is 0 Å². The molecule has 0 saturated carbocycles. The second-order valence-electron chi connectivity index (χ2n) is 7.48. The van der Waals surface area contributed by atoms with Crippen LogP contribution in [0.25, 0.3) is 0 Å². The number of para-hydroxylation sites is 1. The van der Waals surface area contributed by atoms with Crippen molar-refractivity contribution < 1.29 is 19.2 Å². The Bertz CT molecular complexity index is 1260. The Morgan fingerprint density at radius 2 is 1.18 bits per heavy atom. The van der Waals surface area contributed by atoms with Crippen LogP contribution in [0.5, 0.6) is 0 Å². The summed E-state index contributed by atoms with van der Waals surface area (Å²) in [7, 11) is 0. The van der Waals surface area contributed by atoms with Gasteiger partial charge in [0.05, 0.1) is 21.2 Å². The number of rotatable bonds is 5. The summed E-state index contributed by atoms with van der Waals surface area (Å²) in [5.41, 5.74) is 1.78. The Balaban J connectivity index is 1.38. The molecule has 10 heteroatoms. The lowest BCUT2D eigenvalue weighted by Gasteiger charge is -2.21. The van der Waals surface area contributed by atoms with Crippen LogP contribution in [-0.4, -0.2) is 34.7 Å². The number of fused-ring (bicyclic) bond motifs is 1. The van der Waals surface area contributed by atoms with Crippen LogP contribution in [0.15, 0.2) is 66.7 Å². The molecule has 3 N–H and O–H groups in total. The van der Waals surface area contributed by atoms with Crippen LogP contribution >= 0.6 is 23.2 Å². The fraction of sp³-hybridized carbons (Fsp3) is 0.0833. The largest absolute Gasteiger partial charge is 0.324 e. The van der Waals surface area contributed by atoms with Crippen LogP contribution in [0.1, 0.15) is 27.6 Å². The maximum Gasteiger partial charge on any atom is 0.323 e. The smallest absolute Gasteiger partial charge is 0.323 e. The number of carbonyl (C=O) groups excluding carboxylic acids is 4. The molecule has 8 nitrogen and oxygen atoms in total. The highest BCUT2D eigenvalue weighted by atomic mass is 35.5. The van der Waals surface area contributed by atoms with Gasteiger partial charge in [0.15, 0.2) is 0 Å². The van der Waals surface area contributed by atoms with Crippen LogP contribution in [0.4, 0.5) is 21.9 Å². The van der Waals surface area contributed by atoms with Crippen molar-refractivity contribution >= 4 is 64.0 Å². The first-order valence-corrected chi connectivity index (χ1v) is 10.9. The van der Waals surface area contributed by atoms with Gasteiger partial charge in [0.25, 0.3) is 11.8 Å². The molecule has 1 aliphatic heterocycles. The minimum absolute atomic E-state index is 0.100. The number of halogens is 2. The molecule has 0 aliphatic carbocycles. The zero-order valence-corrected chi connectivity index (χ0v) is 19.3. The molecular weight excluding hydrogens is 479 g/mol. The molecule has 0 saturated heterocycles. The number of hydrogen-bond acceptors (Lipinski definition) is 4. The second kappa shape index (κ2) is 9.54. The van der Waals surface area contributed by atoms with E-state index in [4.69, 9.17) is 23.2 Å². The molecule has 1 heterocycles. The molecule has 0 bridgehead atoms. The average molecular weight is 497 g/mol. The van der Waals surface area contributed by atoms with Crippen molar-refractivity contribution in [1.29, 1.82) is 0 Å². The van der Waals surface area contributed by atoms with Crippen LogP contribution in [-0.2, 0) is 4.79 Å². The van der Waals surface area contributed by atoms with Crippen molar-refractivity contribution in [2.75, 3.05) is 16.0 Å². The highest BCUT2D eigenvalue weighted by Crippen LogP contribution is 2.32. The summed E-state index contributed by atoms with van der Waals surface area (Å²) < 4.78 is 0. The van der Waals surface area contributed by atoms with Crippen molar-refractivity contribution in [2.45, 2.75) is 13.0 Å². The topological polar surface area (TPSA) is 108 Å². The number of nitrogens with one attached hydrogen (secondary N) is 3. The van der Waals surface area contributed by atoms with Gasteiger partial charge in [-0.3, -0.25) is 19.3 Å². The van der Waals surface area contributed by atoms with E-state index < -0.39 is 29.8 Å². The summed E-state index contributed by atoms with van der Waals surface area (Å²) in [6, 6.07) is 16.5. The predicted molar refractivity (Wildman–Crippen MR) is 131 cm³/mol. The number of carbonyl (C=O) groups is 4. The van der Waals surface area contributed by atoms with E-state index in [9.17, 15) is 19.2 Å². The molecule has 0 spiro atoms. The Morgan fingerprint density at radius 1 is 0.735 bits per heavy atom. The number of nitrogens with zero attached hydrogens (tertiary/aromatic N) is 1. The van der Waals surface area contributed by atoms with E-state index in [1.165, 1.54) is 19.1 Å². The molecule has 3 aromatic rings. The van der Waals surface area contributed by atoms with E-state index in [-0.39, 0.29) is 21.2 Å². The summed E-state index contributed by atoms with van der Waals surface area (Å²) in [4.78, 5) is 51.2. The predicted octanol–water partition coefficient (Wildman–Crippen LogP) is 5.26. The first-order chi connectivity index (χ1) is 16.2. The maximum atomic E-state index is 12.8. The number of anilines is 3. The van der Waals surface area contributed by atoms with Crippen LogP contribution in [0, 0.1) is 0 Å². The highest BCUT2D eigenvalue weighted by Gasteiger charge is 2.41. The Morgan fingerprint density at radius 3 is 1.68 bits per heavy atom. The van der Waals surface area contributed by atoms with Gasteiger partial charge in [-0.25, -0.2) is 4.79 Å². The lowest BCUT2D eigenvalue weighted by molar-refractivity contribution is -0.119. The molecule has 3 aromatic carbocycles. The zero-order chi connectivity index (χ0) is 24.4. The SMILES string of the molecule is CC(C(=O)Nc1ccc(NC(=O)Nc2ccccc2)cc1)N1C(=O)c2cc(Cl)c(Cl)cc2C1=O. The number of imide groups is 1. The van der Waals surface area contributed by atoms with E-state index in [2.05, 4.69) is 16.0 Å². The van der Waals surface area contributed by atoms with Gasteiger partial charge in [0.1, 0.15) is 6.04 Å². The van der Waals surface area contributed by atoms with Gasteiger partial charge in [-0.15, -0.1) is 0 Å². The van der Waals surface area contributed by atoms with E-state index in [1.54, 1.807) is 48.5 Å². The third kappa shape index (κ3) is 4.73. The number of benzene rings is 3. The third-order valence-corrected chi connectivity index (χ3v) is 5.89. The van der Waals surface area contributed by atoms with Crippen molar-refractivity contribution in [3.05, 3.63) is 87.9 Å². The van der Waals surface area contributed by atoms with Gasteiger partial charge < -0.3 is 16.0 Å². The van der Waals surface area contributed by atoms with Crippen LogP contribution in [0.3, 0.4) is 0 Å². The third-order valence-electron chi connectivity index (χ3n) is 5.17. The van der Waals surface area contributed by atoms with Crippen molar-refractivity contribution in [1.82, 2.24) is 4.90 Å². The molecule has 5 amide bonds. The van der Waals surface area contributed by atoms with Crippen molar-refractivity contribution in [3.63, 3.8) is 0 Å². The standard InChI is InChI=1S/C24H18Cl2N4O4/c1-13(30-22(32)17-11-19(25)20(26)12-18(17)23(30)33)21(31)27-15-7-9-16(10-8-15)29-24(34)28-14-5-3-2-4-6-14/h2-13H,1H3,(H,27,31)(H2,28,29,34). The lowest BCUT2D eigenvalue weighted by atomic mass is 10.1. The van der Waals surface area contributed by atoms with Gasteiger partial charge >= 0.3 is 6.03 Å². The molecule has 172 valence electrons. The first kappa shape index (κ1) is 23.3. The zero-order valence-electron chi connectivity index (χ0n) is 17.8. The molecule has 34 heavy (non-hydrogen) atoms. The molecule has 1 unspecified atom stereocenters. The van der Waals surface area contributed by atoms with Crippen LogP contribution < -0.4 is 16.0 Å². The summed E-state index contributed by atoms with van der Waals surface area (Å²) in [6.45, 7) is 1.45. The van der Waals surface area contributed by atoms with Gasteiger partial charge in [0, 0.05) is 17.1 Å². The van der Waals surface area contributed by atoms with Gasteiger partial charge in [-0.2, -0.15) is 0 Å². The second-order valence-corrected chi connectivity index (χ2v) is 8.29. The number of urea groups is 1. The minimum atomic E-state index is -1.08.